The average molecular weight is 384 g/mol. The van der Waals surface area contributed by atoms with E-state index in [1.807, 2.05) is 19.0 Å². The minimum atomic E-state index is -4.30. The lowest BCUT2D eigenvalue weighted by Gasteiger charge is -2.49. The molecule has 2 aliphatic rings. The lowest BCUT2D eigenvalue weighted by Crippen LogP contribution is -2.48. The molecule has 0 amide bonds. The number of hydrogen-bond acceptors (Lipinski definition) is 3. The molecule has 0 unspecified atom stereocenters. The third-order valence-electron chi connectivity index (χ3n) is 6.49. The molecule has 1 saturated carbocycles. The van der Waals surface area contributed by atoms with Crippen LogP contribution in [0.15, 0.2) is 24.3 Å². The Labute approximate surface area is 160 Å². The van der Waals surface area contributed by atoms with Crippen molar-refractivity contribution >= 4 is 0 Å². The van der Waals surface area contributed by atoms with Gasteiger partial charge in [-0.3, -0.25) is 4.90 Å². The van der Waals surface area contributed by atoms with Crippen LogP contribution < -0.4 is 0 Å². The van der Waals surface area contributed by atoms with E-state index in [0.717, 1.165) is 51.6 Å². The van der Waals surface area contributed by atoms with Crippen LogP contribution in [0.5, 0.6) is 0 Å². The van der Waals surface area contributed by atoms with E-state index in [1.54, 1.807) is 12.1 Å². The molecule has 1 heterocycles. The molecule has 1 aliphatic heterocycles. The summed E-state index contributed by atoms with van der Waals surface area (Å²) in [4.78, 5) is 4.19. The number of nitrogens with zero attached hydrogens (tertiary/aromatic N) is 2. The molecule has 1 aromatic rings. The quantitative estimate of drug-likeness (QED) is 0.845. The molecule has 0 atom stereocenters. The van der Waals surface area contributed by atoms with Crippen molar-refractivity contribution in [3.05, 3.63) is 35.4 Å². The van der Waals surface area contributed by atoms with Crippen LogP contribution in [-0.4, -0.2) is 54.2 Å². The van der Waals surface area contributed by atoms with Gasteiger partial charge in [-0.05, 0) is 82.8 Å². The summed E-state index contributed by atoms with van der Waals surface area (Å²) in [5, 5.41) is 10.8. The van der Waals surface area contributed by atoms with Gasteiger partial charge in [-0.25, -0.2) is 0 Å². The number of rotatable bonds is 4. The SMILES string of the molecule is CN(C)CC1(O)CCC2(CCN(Cc3ccccc3C(F)(F)F)CC2)CC1. The van der Waals surface area contributed by atoms with Gasteiger partial charge in [0.05, 0.1) is 11.2 Å². The van der Waals surface area contributed by atoms with Crippen molar-refractivity contribution in [2.24, 2.45) is 5.41 Å². The van der Waals surface area contributed by atoms with Crippen LogP contribution in [0.2, 0.25) is 0 Å². The highest BCUT2D eigenvalue weighted by Crippen LogP contribution is 2.48. The molecule has 6 heteroatoms. The summed E-state index contributed by atoms with van der Waals surface area (Å²) in [6.07, 6.45) is 1.41. The summed E-state index contributed by atoms with van der Waals surface area (Å²) in [6, 6.07) is 5.90. The van der Waals surface area contributed by atoms with Gasteiger partial charge < -0.3 is 10.0 Å². The zero-order chi connectivity index (χ0) is 19.7. The fourth-order valence-corrected chi connectivity index (χ4v) is 4.85. The smallest absolute Gasteiger partial charge is 0.389 e. The van der Waals surface area contributed by atoms with Gasteiger partial charge in [-0.2, -0.15) is 13.2 Å². The Morgan fingerprint density at radius 3 is 2.15 bits per heavy atom. The van der Waals surface area contributed by atoms with E-state index in [0.29, 0.717) is 18.7 Å². The molecule has 2 fully saturated rings. The van der Waals surface area contributed by atoms with Crippen molar-refractivity contribution < 1.29 is 18.3 Å². The van der Waals surface area contributed by atoms with Gasteiger partial charge in [-0.15, -0.1) is 0 Å². The first-order chi connectivity index (χ1) is 12.6. The monoisotopic (exact) mass is 384 g/mol. The van der Waals surface area contributed by atoms with Crippen LogP contribution in [0, 0.1) is 5.41 Å². The molecule has 152 valence electrons. The van der Waals surface area contributed by atoms with E-state index in [2.05, 4.69) is 4.90 Å². The molecule has 1 spiro atoms. The third-order valence-corrected chi connectivity index (χ3v) is 6.49. The number of halogens is 3. The molecule has 1 aromatic carbocycles. The maximum absolute atomic E-state index is 13.2. The van der Waals surface area contributed by atoms with Crippen molar-refractivity contribution in [2.75, 3.05) is 33.7 Å². The molecule has 3 rings (SSSR count). The van der Waals surface area contributed by atoms with Gasteiger partial charge in [-0.1, -0.05) is 18.2 Å². The normalized spacial score (nSPS) is 23.1. The largest absolute Gasteiger partial charge is 0.416 e. The second kappa shape index (κ2) is 7.72. The topological polar surface area (TPSA) is 26.7 Å². The van der Waals surface area contributed by atoms with Crippen LogP contribution in [0.3, 0.4) is 0 Å². The number of alkyl halides is 3. The van der Waals surface area contributed by atoms with Gasteiger partial charge in [0.2, 0.25) is 0 Å². The van der Waals surface area contributed by atoms with E-state index >= 15 is 0 Å². The van der Waals surface area contributed by atoms with E-state index in [-0.39, 0.29) is 5.41 Å². The van der Waals surface area contributed by atoms with Crippen LogP contribution in [-0.2, 0) is 12.7 Å². The Bertz CT molecular complexity index is 627. The molecule has 1 N–H and O–H groups in total. The van der Waals surface area contributed by atoms with Gasteiger partial charge in [0.1, 0.15) is 0 Å². The van der Waals surface area contributed by atoms with E-state index in [9.17, 15) is 18.3 Å². The molecule has 0 bridgehead atoms. The highest BCUT2D eigenvalue weighted by atomic mass is 19.4. The summed E-state index contributed by atoms with van der Waals surface area (Å²) in [5.41, 5.74) is -0.475. The number of benzene rings is 1. The van der Waals surface area contributed by atoms with Gasteiger partial charge >= 0.3 is 6.18 Å². The number of aliphatic hydroxyl groups is 1. The van der Waals surface area contributed by atoms with Crippen molar-refractivity contribution in [3.63, 3.8) is 0 Å². The Balaban J connectivity index is 1.56. The molecular weight excluding hydrogens is 353 g/mol. The molecular formula is C21H31F3N2O. The summed E-state index contributed by atoms with van der Waals surface area (Å²) < 4.78 is 39.6. The van der Waals surface area contributed by atoms with Crippen LogP contribution in [0.25, 0.3) is 0 Å². The van der Waals surface area contributed by atoms with Crippen LogP contribution in [0.1, 0.15) is 49.7 Å². The van der Waals surface area contributed by atoms with E-state index in [4.69, 9.17) is 0 Å². The Morgan fingerprint density at radius 1 is 1.00 bits per heavy atom. The predicted molar refractivity (Wildman–Crippen MR) is 100 cm³/mol. The van der Waals surface area contributed by atoms with E-state index in [1.165, 1.54) is 12.1 Å². The minimum Gasteiger partial charge on any atom is -0.389 e. The molecule has 1 saturated heterocycles. The molecule has 3 nitrogen and oxygen atoms in total. The first-order valence-electron chi connectivity index (χ1n) is 9.86. The third kappa shape index (κ3) is 5.04. The van der Waals surface area contributed by atoms with Gasteiger partial charge in [0, 0.05) is 13.1 Å². The maximum Gasteiger partial charge on any atom is 0.416 e. The number of likely N-dealkylation sites (N-methyl/N-ethyl adjacent to an activating group) is 1. The first kappa shape index (κ1) is 20.6. The van der Waals surface area contributed by atoms with Crippen molar-refractivity contribution in [1.29, 1.82) is 0 Å². The Morgan fingerprint density at radius 2 is 1.59 bits per heavy atom. The minimum absolute atomic E-state index is 0.262. The zero-order valence-corrected chi connectivity index (χ0v) is 16.4. The number of piperidine rings is 1. The predicted octanol–water partition coefficient (Wildman–Crippen LogP) is 4.15. The van der Waals surface area contributed by atoms with Crippen LogP contribution in [0.4, 0.5) is 13.2 Å². The fourth-order valence-electron chi connectivity index (χ4n) is 4.85. The summed E-state index contributed by atoms with van der Waals surface area (Å²) in [5.74, 6) is 0. The van der Waals surface area contributed by atoms with Crippen molar-refractivity contribution in [3.8, 4) is 0 Å². The van der Waals surface area contributed by atoms with Crippen molar-refractivity contribution in [1.82, 2.24) is 9.80 Å². The zero-order valence-electron chi connectivity index (χ0n) is 16.4. The Kier molecular flexibility index (Phi) is 5.90. The summed E-state index contributed by atoms with van der Waals surface area (Å²) >= 11 is 0. The number of likely N-dealkylation sites (tertiary alicyclic amines) is 1. The first-order valence-corrected chi connectivity index (χ1v) is 9.86. The summed E-state index contributed by atoms with van der Waals surface area (Å²) in [7, 11) is 3.97. The molecule has 0 radical (unpaired) electrons. The van der Waals surface area contributed by atoms with Gasteiger partial charge in [0.15, 0.2) is 0 Å². The average Bonchev–Trinajstić information content (AvgIpc) is 2.59. The van der Waals surface area contributed by atoms with Crippen molar-refractivity contribution in [2.45, 2.75) is 56.8 Å². The highest BCUT2D eigenvalue weighted by Gasteiger charge is 2.43. The highest BCUT2D eigenvalue weighted by molar-refractivity contribution is 5.29. The summed E-state index contributed by atoms with van der Waals surface area (Å²) in [6.45, 7) is 2.72. The lowest BCUT2D eigenvalue weighted by molar-refractivity contribution is -0.138. The molecule has 1 aliphatic carbocycles. The fraction of sp³-hybridized carbons (Fsp3) is 0.714. The Hall–Kier alpha value is -1.11. The van der Waals surface area contributed by atoms with Crippen LogP contribution >= 0.6 is 0 Å². The van der Waals surface area contributed by atoms with E-state index < -0.39 is 17.3 Å². The second-order valence-electron chi connectivity index (χ2n) is 8.89. The number of hydrogen-bond donors (Lipinski definition) is 1. The second-order valence-corrected chi connectivity index (χ2v) is 8.89. The molecule has 0 aromatic heterocycles. The standard InChI is InChI=1S/C21H31F3N2O/c1-25(2)16-20(27)9-7-19(8-10-20)11-13-26(14-12-19)15-17-5-3-4-6-18(17)21(22,23)24/h3-6,27H,7-16H2,1-2H3. The van der Waals surface area contributed by atoms with Gasteiger partial charge in [0.25, 0.3) is 0 Å². The lowest BCUT2D eigenvalue weighted by atomic mass is 9.64. The molecule has 27 heavy (non-hydrogen) atoms. The maximum atomic E-state index is 13.2.